The summed E-state index contributed by atoms with van der Waals surface area (Å²) in [7, 11) is 0. The van der Waals surface area contributed by atoms with E-state index in [1.165, 1.54) is 0 Å². The van der Waals surface area contributed by atoms with Crippen molar-refractivity contribution in [3.8, 4) is 0 Å². The van der Waals surface area contributed by atoms with Crippen LogP contribution in [0.25, 0.3) is 0 Å². The molecular weight excluding hydrogens is 429 g/mol. The van der Waals surface area contributed by atoms with Crippen LogP contribution in [0.3, 0.4) is 0 Å². The van der Waals surface area contributed by atoms with Crippen LogP contribution < -0.4 is 0 Å². The third kappa shape index (κ3) is 20.3. The van der Waals surface area contributed by atoms with Gasteiger partial charge in [-0.25, -0.2) is 0 Å². The Morgan fingerprint density at radius 2 is 1.00 bits per heavy atom. The zero-order valence-corrected chi connectivity index (χ0v) is 8.11. The molecule has 0 saturated heterocycles. The first-order valence-electron chi connectivity index (χ1n) is 0. The molecule has 0 aliphatic rings. The molecule has 0 atom stereocenters. The zero-order chi connectivity index (χ0) is 0. The Morgan fingerprint density at radius 3 is 1.00 bits per heavy atom. The minimum atomic E-state index is 0. The summed E-state index contributed by atoms with van der Waals surface area (Å²) in [5, 5.41) is 0. The maximum Gasteiger partial charge on any atom is 0 e. The molecule has 0 aliphatic carbocycles. The van der Waals surface area contributed by atoms with E-state index in [0.29, 0.717) is 0 Å². The largest absolute Gasteiger partial charge is 0 e. The third-order valence-corrected chi connectivity index (χ3v) is 0. The fourth-order valence-electron chi connectivity index (χ4n) is 0. The van der Waals surface area contributed by atoms with Gasteiger partial charge in [-0.2, -0.15) is 0 Å². The van der Waals surface area contributed by atoms with Gasteiger partial charge in [0.05, 0.1) is 0 Å². The first kappa shape index (κ1) is 47.6. The van der Waals surface area contributed by atoms with Crippen LogP contribution in [0, 0.1) is 0 Å². The van der Waals surface area contributed by atoms with Gasteiger partial charge in [0.15, 0.2) is 0 Å². The molecule has 3 radical (unpaired) electrons. The van der Waals surface area contributed by atoms with Gasteiger partial charge in [-0.3, -0.25) is 0 Å². The van der Waals surface area contributed by atoms with E-state index in [0.717, 1.165) is 0 Å². The second-order valence-electron chi connectivity index (χ2n) is 0. The summed E-state index contributed by atoms with van der Waals surface area (Å²) in [6.45, 7) is 0. The van der Waals surface area contributed by atoms with Crippen LogP contribution in [0.5, 0.6) is 0 Å². The summed E-state index contributed by atoms with van der Waals surface area (Å²) < 4.78 is 0. The van der Waals surface area contributed by atoms with Gasteiger partial charge in [-0.15, -0.1) is 0 Å². The van der Waals surface area contributed by atoms with Crippen LogP contribution in [0.15, 0.2) is 0 Å². The Bertz CT molecular complexity index is 11.6. The van der Waals surface area contributed by atoms with E-state index < -0.39 is 0 Å². The fraction of sp³-hybridized carbons (Fsp3) is 0. The zero-order valence-electron chi connectivity index (χ0n) is 1.64. The van der Waals surface area contributed by atoms with Gasteiger partial charge in [-0.1, -0.05) is 0 Å². The molecule has 0 fully saturated rings. The van der Waals surface area contributed by atoms with E-state index in [4.69, 9.17) is 0 Å². The summed E-state index contributed by atoms with van der Waals surface area (Å²) in [6, 6.07) is 0. The molecule has 0 amide bonds. The SMILES string of the molecule is [Co].[Cu].[Fe].[Ir].[Ni]. The van der Waals surface area contributed by atoms with Crippen LogP contribution >= 0.6 is 0 Å². The van der Waals surface area contributed by atoms with E-state index in [-0.39, 0.29) is 87.5 Å². The molecule has 0 nitrogen and oxygen atoms in total. The summed E-state index contributed by atoms with van der Waals surface area (Å²) in [5.74, 6) is 0. The topological polar surface area (TPSA) is 0 Å². The predicted molar refractivity (Wildman–Crippen MR) is 0 cm³/mol. The quantitative estimate of drug-likeness (QED) is 0.476. The molecule has 0 aromatic carbocycles. The standard InChI is InChI=1S/Co.Cu.Fe.Ir.Ni. The predicted octanol–water partition coefficient (Wildman–Crippen LogP) is -0.0125. The molecule has 0 N–H and O–H groups in total. The first-order chi connectivity index (χ1) is 0. The molecule has 5 heavy (non-hydrogen) atoms. The Hall–Kier alpha value is 2.69. The average Bonchev–Trinajstić information content (AvgIpc) is 0. The Kier molecular flexibility index (Phi) is 285. The van der Waals surface area contributed by atoms with Crippen molar-refractivity contribution >= 4 is 0 Å². The van der Waals surface area contributed by atoms with Gasteiger partial charge in [0, 0.05) is 87.5 Å². The second kappa shape index (κ2) is 29.9. The van der Waals surface area contributed by atoms with Crippen molar-refractivity contribution in [3.63, 3.8) is 0 Å². The van der Waals surface area contributed by atoms with Gasteiger partial charge < -0.3 is 0 Å². The maximum absolute atomic E-state index is 0. The molecule has 0 heterocycles. The van der Waals surface area contributed by atoms with Crippen molar-refractivity contribution in [2.75, 3.05) is 0 Å². The maximum atomic E-state index is 0. The van der Waals surface area contributed by atoms with Gasteiger partial charge in [0.25, 0.3) is 0 Å². The number of rotatable bonds is 0. The fourth-order valence-corrected chi connectivity index (χ4v) is 0. The first-order valence-corrected chi connectivity index (χ1v) is 0. The van der Waals surface area contributed by atoms with Gasteiger partial charge in [-0.05, 0) is 0 Å². The molecule has 0 rings (SSSR count). The number of hydrogen-bond acceptors (Lipinski definition) is 0. The van der Waals surface area contributed by atoms with Crippen molar-refractivity contribution in [3.05, 3.63) is 0 Å². The van der Waals surface area contributed by atoms with E-state index in [1.54, 1.807) is 0 Å². The van der Waals surface area contributed by atoms with Crippen LogP contribution in [0.1, 0.15) is 0 Å². The van der Waals surface area contributed by atoms with Crippen LogP contribution in [0.2, 0.25) is 0 Å². The van der Waals surface area contributed by atoms with Crippen molar-refractivity contribution in [2.45, 2.75) is 0 Å². The van der Waals surface area contributed by atoms with E-state index in [1.807, 2.05) is 0 Å². The molecule has 0 bridgehead atoms. The minimum absolute atomic E-state index is 0. The van der Waals surface area contributed by atoms with Gasteiger partial charge in [0.2, 0.25) is 0 Å². The normalized spacial score (nSPS) is 0. The van der Waals surface area contributed by atoms with Crippen molar-refractivity contribution < 1.29 is 87.5 Å². The van der Waals surface area contributed by atoms with Crippen LogP contribution in [-0.2, 0) is 87.5 Å². The molecule has 0 unspecified atom stereocenters. The molecule has 0 aromatic rings. The van der Waals surface area contributed by atoms with E-state index in [2.05, 4.69) is 0 Å². The Balaban J connectivity index is 0. The molecule has 47 valence electrons. The molecular formula is CoCuFeIrNi. The molecule has 0 aromatic heterocycles. The summed E-state index contributed by atoms with van der Waals surface area (Å²) in [6.07, 6.45) is 0. The molecule has 0 aliphatic heterocycles. The smallest absolute Gasteiger partial charge is 0 e. The van der Waals surface area contributed by atoms with Crippen molar-refractivity contribution in [1.29, 1.82) is 0 Å². The van der Waals surface area contributed by atoms with Gasteiger partial charge in [0.1, 0.15) is 0 Å². The third-order valence-electron chi connectivity index (χ3n) is 0. The van der Waals surface area contributed by atoms with E-state index >= 15 is 0 Å². The average molecular weight is 429 g/mol. The summed E-state index contributed by atoms with van der Waals surface area (Å²) in [4.78, 5) is 0. The molecule has 0 saturated carbocycles. The Morgan fingerprint density at radius 1 is 1.00 bits per heavy atom. The van der Waals surface area contributed by atoms with Crippen molar-refractivity contribution in [2.24, 2.45) is 0 Å². The monoisotopic (exact) mass is 429 g/mol. The molecule has 5 heteroatoms. The summed E-state index contributed by atoms with van der Waals surface area (Å²) >= 11 is 0. The van der Waals surface area contributed by atoms with Crippen LogP contribution in [0.4, 0.5) is 0 Å². The number of hydrogen-bond donors (Lipinski definition) is 0. The molecule has 0 spiro atoms. The van der Waals surface area contributed by atoms with E-state index in [9.17, 15) is 0 Å². The minimum Gasteiger partial charge on any atom is 0 e. The second-order valence-corrected chi connectivity index (χ2v) is 0. The summed E-state index contributed by atoms with van der Waals surface area (Å²) in [5.41, 5.74) is 0. The Labute approximate surface area is 86.4 Å². The van der Waals surface area contributed by atoms with Crippen LogP contribution in [-0.4, -0.2) is 0 Å². The van der Waals surface area contributed by atoms with Gasteiger partial charge >= 0.3 is 0 Å². The van der Waals surface area contributed by atoms with Crippen molar-refractivity contribution in [1.82, 2.24) is 0 Å².